The molecular weight excluding hydrogens is 295 g/mol. The molecule has 0 aromatic carbocycles. The van der Waals surface area contributed by atoms with Crippen LogP contribution in [0.2, 0.25) is 0 Å². The summed E-state index contributed by atoms with van der Waals surface area (Å²) in [5.74, 6) is 0.245. The summed E-state index contributed by atoms with van der Waals surface area (Å²) in [5.41, 5.74) is 2.04. The van der Waals surface area contributed by atoms with E-state index in [4.69, 9.17) is 0 Å². The number of hydrogen-bond acceptors (Lipinski definition) is 4. The second-order valence-electron chi connectivity index (χ2n) is 5.00. The van der Waals surface area contributed by atoms with E-state index in [2.05, 4.69) is 20.2 Å². The van der Waals surface area contributed by atoms with Crippen LogP contribution in [0.25, 0.3) is 17.2 Å². The Balaban J connectivity index is 2.26. The molecule has 0 spiro atoms. The van der Waals surface area contributed by atoms with Crippen molar-refractivity contribution in [3.8, 4) is 11.5 Å². The van der Waals surface area contributed by atoms with Crippen LogP contribution < -0.4 is 0 Å². The maximum Gasteiger partial charge on any atom is 0.417 e. The average molecular weight is 307 g/mol. The van der Waals surface area contributed by atoms with Gasteiger partial charge in [0.15, 0.2) is 11.5 Å². The van der Waals surface area contributed by atoms with Crippen LogP contribution in [0.1, 0.15) is 22.6 Å². The molecule has 3 rings (SSSR count). The molecule has 0 saturated heterocycles. The van der Waals surface area contributed by atoms with Crippen molar-refractivity contribution in [2.45, 2.75) is 26.9 Å². The minimum absolute atomic E-state index is 0.245. The number of pyridine rings is 1. The van der Waals surface area contributed by atoms with Gasteiger partial charge in [-0.3, -0.25) is 9.38 Å². The van der Waals surface area contributed by atoms with Gasteiger partial charge in [0, 0.05) is 6.20 Å². The Hall–Kier alpha value is -2.51. The molecule has 22 heavy (non-hydrogen) atoms. The van der Waals surface area contributed by atoms with Gasteiger partial charge in [-0.15, -0.1) is 10.2 Å². The highest BCUT2D eigenvalue weighted by Gasteiger charge is 2.31. The van der Waals surface area contributed by atoms with Crippen molar-refractivity contribution in [1.82, 2.24) is 24.6 Å². The van der Waals surface area contributed by atoms with E-state index in [0.717, 1.165) is 18.0 Å². The highest BCUT2D eigenvalue weighted by Crippen LogP contribution is 2.30. The number of fused-ring (bicyclic) bond motifs is 1. The molecule has 0 radical (unpaired) electrons. The van der Waals surface area contributed by atoms with Gasteiger partial charge in [-0.25, -0.2) is 4.98 Å². The lowest BCUT2D eigenvalue weighted by molar-refractivity contribution is -0.137. The molecule has 3 aromatic rings. The Morgan fingerprint density at radius 3 is 2.27 bits per heavy atom. The van der Waals surface area contributed by atoms with Crippen LogP contribution in [-0.2, 0) is 6.18 Å². The summed E-state index contributed by atoms with van der Waals surface area (Å²) < 4.78 is 39.9. The van der Waals surface area contributed by atoms with Crippen LogP contribution in [0.4, 0.5) is 13.2 Å². The van der Waals surface area contributed by atoms with Gasteiger partial charge in [0.1, 0.15) is 5.69 Å². The van der Waals surface area contributed by atoms with Crippen LogP contribution in [0.3, 0.4) is 0 Å². The Morgan fingerprint density at radius 2 is 1.59 bits per heavy atom. The third-order valence-electron chi connectivity index (χ3n) is 3.42. The first-order valence-electron chi connectivity index (χ1n) is 6.51. The van der Waals surface area contributed by atoms with Gasteiger partial charge < -0.3 is 0 Å². The van der Waals surface area contributed by atoms with Crippen LogP contribution in [0.5, 0.6) is 0 Å². The number of aryl methyl sites for hydroxylation is 3. The van der Waals surface area contributed by atoms with E-state index in [1.54, 1.807) is 13.8 Å². The first-order chi connectivity index (χ1) is 10.3. The summed E-state index contributed by atoms with van der Waals surface area (Å²) in [4.78, 5) is 8.73. The lowest BCUT2D eigenvalue weighted by Gasteiger charge is -2.09. The largest absolute Gasteiger partial charge is 0.417 e. The van der Waals surface area contributed by atoms with Crippen molar-refractivity contribution in [2.24, 2.45) is 0 Å². The van der Waals surface area contributed by atoms with Gasteiger partial charge in [-0.05, 0) is 32.9 Å². The minimum Gasteiger partial charge on any atom is -0.280 e. The molecule has 3 heterocycles. The lowest BCUT2D eigenvalue weighted by Crippen LogP contribution is -2.07. The normalized spacial score (nSPS) is 12.1. The van der Waals surface area contributed by atoms with Gasteiger partial charge in [0.2, 0.25) is 0 Å². The van der Waals surface area contributed by atoms with Crippen molar-refractivity contribution in [2.75, 3.05) is 0 Å². The SMILES string of the molecule is Cc1nc(C)c(-c2nnc3ccc(C(F)(F)F)cn23)nc1C. The van der Waals surface area contributed by atoms with E-state index in [0.29, 0.717) is 22.7 Å². The summed E-state index contributed by atoms with van der Waals surface area (Å²) in [6, 6.07) is 2.26. The average Bonchev–Trinajstić information content (AvgIpc) is 2.85. The molecule has 114 valence electrons. The molecule has 5 nitrogen and oxygen atoms in total. The molecule has 8 heteroatoms. The summed E-state index contributed by atoms with van der Waals surface area (Å²) in [7, 11) is 0. The molecule has 0 fully saturated rings. The monoisotopic (exact) mass is 307 g/mol. The lowest BCUT2D eigenvalue weighted by atomic mass is 10.2. The van der Waals surface area contributed by atoms with Gasteiger partial charge in [0.05, 0.1) is 22.6 Å². The zero-order chi connectivity index (χ0) is 16.1. The third kappa shape index (κ3) is 2.30. The number of hydrogen-bond donors (Lipinski definition) is 0. The van der Waals surface area contributed by atoms with E-state index < -0.39 is 11.7 Å². The molecule has 0 bridgehead atoms. The van der Waals surface area contributed by atoms with Crippen LogP contribution in [-0.4, -0.2) is 24.6 Å². The Bertz CT molecular complexity index is 867. The summed E-state index contributed by atoms with van der Waals surface area (Å²) in [5, 5.41) is 7.85. The number of nitrogens with zero attached hydrogens (tertiary/aromatic N) is 5. The Kier molecular flexibility index (Phi) is 3.12. The van der Waals surface area contributed by atoms with Gasteiger partial charge in [0.25, 0.3) is 0 Å². The fourth-order valence-corrected chi connectivity index (χ4v) is 2.15. The molecule has 0 unspecified atom stereocenters. The van der Waals surface area contributed by atoms with E-state index in [-0.39, 0.29) is 5.82 Å². The van der Waals surface area contributed by atoms with Crippen LogP contribution >= 0.6 is 0 Å². The van der Waals surface area contributed by atoms with Crippen molar-refractivity contribution in [1.29, 1.82) is 0 Å². The second-order valence-corrected chi connectivity index (χ2v) is 5.00. The predicted octanol–water partition coefficient (Wildman–Crippen LogP) is 3.13. The van der Waals surface area contributed by atoms with Crippen molar-refractivity contribution in [3.63, 3.8) is 0 Å². The predicted molar refractivity (Wildman–Crippen MR) is 73.2 cm³/mol. The zero-order valence-electron chi connectivity index (χ0n) is 12.1. The van der Waals surface area contributed by atoms with E-state index >= 15 is 0 Å². The zero-order valence-corrected chi connectivity index (χ0v) is 12.1. The van der Waals surface area contributed by atoms with Crippen LogP contribution in [0, 0.1) is 20.8 Å². The standard InChI is InChI=1S/C14H12F3N5/c1-7-8(2)19-12(9(3)18-7)13-21-20-11-5-4-10(6-22(11)13)14(15,16)17/h4-6H,1-3H3. The molecule has 0 amide bonds. The number of halogens is 3. The van der Waals surface area contributed by atoms with Crippen molar-refractivity contribution in [3.05, 3.63) is 41.0 Å². The van der Waals surface area contributed by atoms with Crippen LogP contribution in [0.15, 0.2) is 18.3 Å². The van der Waals surface area contributed by atoms with Gasteiger partial charge in [-0.1, -0.05) is 0 Å². The molecule has 0 aliphatic rings. The highest BCUT2D eigenvalue weighted by molar-refractivity contribution is 5.58. The Labute approximate surface area is 123 Å². The quantitative estimate of drug-likeness (QED) is 0.693. The first-order valence-corrected chi connectivity index (χ1v) is 6.51. The molecule has 0 aliphatic carbocycles. The first kappa shape index (κ1) is 14.4. The molecule has 0 atom stereocenters. The molecule has 0 aliphatic heterocycles. The minimum atomic E-state index is -4.43. The molecule has 0 N–H and O–H groups in total. The number of rotatable bonds is 1. The molecule has 3 aromatic heterocycles. The number of aromatic nitrogens is 5. The molecule has 0 saturated carbocycles. The maximum atomic E-state index is 12.9. The summed E-state index contributed by atoms with van der Waals surface area (Å²) in [6.07, 6.45) is -3.46. The highest BCUT2D eigenvalue weighted by atomic mass is 19.4. The smallest absolute Gasteiger partial charge is 0.280 e. The van der Waals surface area contributed by atoms with E-state index in [9.17, 15) is 13.2 Å². The Morgan fingerprint density at radius 1 is 0.909 bits per heavy atom. The van der Waals surface area contributed by atoms with E-state index in [1.807, 2.05) is 6.92 Å². The van der Waals surface area contributed by atoms with Crippen molar-refractivity contribution < 1.29 is 13.2 Å². The molecular formula is C14H12F3N5. The van der Waals surface area contributed by atoms with Crippen molar-refractivity contribution >= 4 is 5.65 Å². The van der Waals surface area contributed by atoms with Gasteiger partial charge >= 0.3 is 6.18 Å². The van der Waals surface area contributed by atoms with Gasteiger partial charge in [-0.2, -0.15) is 13.2 Å². The topological polar surface area (TPSA) is 56.0 Å². The summed E-state index contributed by atoms with van der Waals surface area (Å²) in [6.45, 7) is 5.35. The number of alkyl halides is 3. The third-order valence-corrected chi connectivity index (χ3v) is 3.42. The maximum absolute atomic E-state index is 12.9. The fraction of sp³-hybridized carbons (Fsp3) is 0.286. The fourth-order valence-electron chi connectivity index (χ4n) is 2.15. The second kappa shape index (κ2) is 4.75. The van der Waals surface area contributed by atoms with E-state index in [1.165, 1.54) is 10.5 Å². The summed E-state index contributed by atoms with van der Waals surface area (Å²) >= 11 is 0.